The maximum absolute atomic E-state index is 10.2. The van der Waals surface area contributed by atoms with E-state index in [1.165, 1.54) is 0 Å². The number of aldehydes is 1. The number of carbonyl (C=O) groups excluding carboxylic acids is 1. The van der Waals surface area contributed by atoms with Crippen LogP contribution in [0.25, 0.3) is 0 Å². The van der Waals surface area contributed by atoms with Crippen molar-refractivity contribution in [2.24, 2.45) is 0 Å². The Labute approximate surface area is 68.7 Å². The predicted octanol–water partition coefficient (Wildman–Crippen LogP) is 0.952. The Morgan fingerprint density at radius 1 is 1.50 bits per heavy atom. The standard InChI is InChI=1S/C5H5NO5S/c7-3-4-1-2-5(6(8)9)12(4,10)11/h1-3,10-11H. The van der Waals surface area contributed by atoms with E-state index in [0.717, 1.165) is 12.2 Å². The van der Waals surface area contributed by atoms with Gasteiger partial charge < -0.3 is 0 Å². The zero-order valence-corrected chi connectivity index (χ0v) is 6.52. The Morgan fingerprint density at radius 2 is 2.08 bits per heavy atom. The predicted molar refractivity (Wildman–Crippen MR) is 42.1 cm³/mol. The van der Waals surface area contributed by atoms with Gasteiger partial charge in [0.1, 0.15) is 4.91 Å². The molecule has 7 heteroatoms. The van der Waals surface area contributed by atoms with Crippen molar-refractivity contribution in [1.29, 1.82) is 0 Å². The minimum absolute atomic E-state index is 0.197. The molecule has 1 aliphatic heterocycles. The number of hydrogen-bond acceptors (Lipinski definition) is 5. The normalized spacial score (nSPS) is 22.5. The summed E-state index contributed by atoms with van der Waals surface area (Å²) in [5, 5.41) is 9.44. The number of nitrogens with zero attached hydrogens (tertiary/aromatic N) is 1. The van der Waals surface area contributed by atoms with Crippen molar-refractivity contribution in [3.8, 4) is 0 Å². The van der Waals surface area contributed by atoms with Gasteiger partial charge in [-0.1, -0.05) is 10.6 Å². The maximum atomic E-state index is 10.2. The van der Waals surface area contributed by atoms with Crippen LogP contribution in [0.5, 0.6) is 0 Å². The summed E-state index contributed by atoms with van der Waals surface area (Å²) in [7, 11) is -3.62. The summed E-state index contributed by atoms with van der Waals surface area (Å²) in [5.41, 5.74) is 0. The lowest BCUT2D eigenvalue weighted by atomic mass is 10.5. The molecule has 1 heterocycles. The zero-order valence-electron chi connectivity index (χ0n) is 5.71. The topological polar surface area (TPSA) is 101 Å². The number of carbonyl (C=O) groups is 1. The Hall–Kier alpha value is -1.18. The molecule has 0 amide bonds. The fourth-order valence-corrected chi connectivity index (χ4v) is 1.83. The molecular weight excluding hydrogens is 186 g/mol. The third kappa shape index (κ3) is 1.13. The van der Waals surface area contributed by atoms with Gasteiger partial charge in [-0.05, 0) is 6.08 Å². The van der Waals surface area contributed by atoms with Crippen molar-refractivity contribution < 1.29 is 18.8 Å². The van der Waals surface area contributed by atoms with Gasteiger partial charge in [0.2, 0.25) is 0 Å². The van der Waals surface area contributed by atoms with Crippen LogP contribution in [-0.4, -0.2) is 20.3 Å². The number of nitro groups is 1. The first-order chi connectivity index (χ1) is 5.50. The van der Waals surface area contributed by atoms with Gasteiger partial charge in [-0.3, -0.25) is 24.0 Å². The van der Waals surface area contributed by atoms with E-state index < -0.39 is 20.5 Å². The van der Waals surface area contributed by atoms with E-state index in [1.807, 2.05) is 0 Å². The van der Waals surface area contributed by atoms with Gasteiger partial charge >= 0.3 is 5.03 Å². The van der Waals surface area contributed by atoms with Gasteiger partial charge in [0.15, 0.2) is 6.29 Å². The van der Waals surface area contributed by atoms with E-state index >= 15 is 0 Å². The second kappa shape index (κ2) is 2.70. The molecule has 0 atom stereocenters. The van der Waals surface area contributed by atoms with Gasteiger partial charge in [0, 0.05) is 6.08 Å². The average molecular weight is 191 g/mol. The van der Waals surface area contributed by atoms with E-state index in [9.17, 15) is 14.9 Å². The van der Waals surface area contributed by atoms with E-state index in [2.05, 4.69) is 0 Å². The fraction of sp³-hybridized carbons (Fsp3) is 0. The smallest absolute Gasteiger partial charge is 0.296 e. The van der Waals surface area contributed by atoms with Crippen molar-refractivity contribution in [2.45, 2.75) is 0 Å². The van der Waals surface area contributed by atoms with Gasteiger partial charge in [0.05, 0.1) is 4.92 Å². The Bertz CT molecular complexity index is 305. The average Bonchev–Trinajstić information content (AvgIpc) is 2.24. The SMILES string of the molecule is O=CC1=CC=C([N+](=O)[O-])S1(O)O. The van der Waals surface area contributed by atoms with Crippen LogP contribution in [0.1, 0.15) is 0 Å². The van der Waals surface area contributed by atoms with Crippen LogP contribution in [0.2, 0.25) is 0 Å². The highest BCUT2D eigenvalue weighted by atomic mass is 32.3. The zero-order chi connectivity index (χ0) is 9.35. The van der Waals surface area contributed by atoms with Gasteiger partial charge in [-0.2, -0.15) is 0 Å². The molecule has 0 fully saturated rings. The van der Waals surface area contributed by atoms with E-state index in [0.29, 0.717) is 0 Å². The highest BCUT2D eigenvalue weighted by Gasteiger charge is 2.36. The fourth-order valence-electron chi connectivity index (χ4n) is 0.735. The minimum Gasteiger partial charge on any atom is -0.296 e. The summed E-state index contributed by atoms with van der Waals surface area (Å²) in [5.74, 6) is 0. The van der Waals surface area contributed by atoms with Crippen LogP contribution in [0.4, 0.5) is 0 Å². The monoisotopic (exact) mass is 191 g/mol. The molecule has 6 nitrogen and oxygen atoms in total. The quantitative estimate of drug-likeness (QED) is 0.384. The highest BCUT2D eigenvalue weighted by molar-refractivity contribution is 8.31. The van der Waals surface area contributed by atoms with E-state index in [-0.39, 0.29) is 11.2 Å². The summed E-state index contributed by atoms with van der Waals surface area (Å²) in [6.45, 7) is 0. The second-order valence-electron chi connectivity index (χ2n) is 2.00. The molecule has 1 rings (SSSR count). The van der Waals surface area contributed by atoms with Crippen LogP contribution < -0.4 is 0 Å². The second-order valence-corrected chi connectivity index (χ2v) is 3.99. The molecule has 12 heavy (non-hydrogen) atoms. The van der Waals surface area contributed by atoms with Gasteiger partial charge in [0.25, 0.3) is 0 Å². The van der Waals surface area contributed by atoms with Crippen LogP contribution >= 0.6 is 10.6 Å². The molecule has 0 radical (unpaired) electrons. The Balaban J connectivity index is 3.05. The van der Waals surface area contributed by atoms with E-state index in [1.54, 1.807) is 0 Å². The van der Waals surface area contributed by atoms with Crippen molar-refractivity contribution >= 4 is 16.9 Å². The van der Waals surface area contributed by atoms with Crippen LogP contribution in [-0.2, 0) is 4.79 Å². The summed E-state index contributed by atoms with van der Waals surface area (Å²) in [4.78, 5) is 19.1. The lowest BCUT2D eigenvalue weighted by Crippen LogP contribution is -2.08. The van der Waals surface area contributed by atoms with Crippen LogP contribution in [0.3, 0.4) is 0 Å². The van der Waals surface area contributed by atoms with Crippen molar-refractivity contribution in [3.63, 3.8) is 0 Å². The minimum atomic E-state index is -3.62. The Morgan fingerprint density at radius 3 is 2.33 bits per heavy atom. The van der Waals surface area contributed by atoms with E-state index in [4.69, 9.17) is 9.11 Å². The van der Waals surface area contributed by atoms with Crippen LogP contribution in [0, 0.1) is 10.1 Å². The van der Waals surface area contributed by atoms with Gasteiger partial charge in [-0.25, -0.2) is 0 Å². The summed E-state index contributed by atoms with van der Waals surface area (Å²) in [6, 6.07) is 0. The molecular formula is C5H5NO5S. The molecule has 2 N–H and O–H groups in total. The molecule has 1 aliphatic rings. The third-order valence-corrected chi connectivity index (χ3v) is 3.06. The third-order valence-electron chi connectivity index (χ3n) is 1.31. The molecule has 0 aromatic rings. The lowest BCUT2D eigenvalue weighted by Gasteiger charge is -2.24. The molecule has 0 aliphatic carbocycles. The molecule has 0 bridgehead atoms. The Kier molecular flexibility index (Phi) is 2.01. The summed E-state index contributed by atoms with van der Waals surface area (Å²) in [6.07, 6.45) is 2.14. The molecule has 0 aromatic carbocycles. The molecule has 0 saturated carbocycles. The first-order valence-corrected chi connectivity index (χ1v) is 4.34. The summed E-state index contributed by atoms with van der Waals surface area (Å²) < 4.78 is 18.2. The number of rotatable bonds is 2. The molecule has 0 spiro atoms. The van der Waals surface area contributed by atoms with Crippen LogP contribution in [0.15, 0.2) is 22.1 Å². The lowest BCUT2D eigenvalue weighted by molar-refractivity contribution is -0.412. The van der Waals surface area contributed by atoms with Crippen molar-refractivity contribution in [3.05, 3.63) is 32.2 Å². The van der Waals surface area contributed by atoms with Gasteiger partial charge in [-0.15, -0.1) is 0 Å². The maximum Gasteiger partial charge on any atom is 0.360 e. The van der Waals surface area contributed by atoms with Crippen molar-refractivity contribution in [2.75, 3.05) is 0 Å². The molecule has 66 valence electrons. The first kappa shape index (κ1) is 8.91. The number of hydrogen-bond donors (Lipinski definition) is 2. The molecule has 0 unspecified atom stereocenters. The molecule has 0 aromatic heterocycles. The highest BCUT2D eigenvalue weighted by Crippen LogP contribution is 2.57. The summed E-state index contributed by atoms with van der Waals surface area (Å²) >= 11 is 0. The first-order valence-electron chi connectivity index (χ1n) is 2.80. The molecule has 0 saturated heterocycles. The number of allylic oxidation sites excluding steroid dienone is 3. The van der Waals surface area contributed by atoms with Crippen molar-refractivity contribution in [1.82, 2.24) is 0 Å². The largest absolute Gasteiger partial charge is 0.360 e.